The normalized spacial score (nSPS) is 12.0. The smallest absolute Gasteiger partial charge is 0.228 e. The molecule has 3 aromatic rings. The highest BCUT2D eigenvalue weighted by molar-refractivity contribution is 7.98. The molecule has 1 amide bonds. The molecule has 0 spiro atoms. The van der Waals surface area contributed by atoms with Crippen LogP contribution in [0.5, 0.6) is 0 Å². The van der Waals surface area contributed by atoms with Gasteiger partial charge in [0.1, 0.15) is 5.69 Å². The summed E-state index contributed by atoms with van der Waals surface area (Å²) in [6, 6.07) is 7.59. The third-order valence-corrected chi connectivity index (χ3v) is 5.47. The first-order valence-electron chi connectivity index (χ1n) is 8.52. The van der Waals surface area contributed by atoms with Gasteiger partial charge in [0.15, 0.2) is 5.15 Å². The number of aromatic nitrogens is 4. The van der Waals surface area contributed by atoms with Gasteiger partial charge in [0.2, 0.25) is 5.91 Å². The minimum atomic E-state index is 0.00120. The Balaban J connectivity index is 1.82. The average Bonchev–Trinajstić information content (AvgIpc) is 3.09. The van der Waals surface area contributed by atoms with E-state index < -0.39 is 0 Å². The molecular formula is C19H20ClN5OS. The fraction of sp³-hybridized carbons (Fsp3) is 0.263. The van der Waals surface area contributed by atoms with Crippen molar-refractivity contribution in [3.05, 3.63) is 66.0 Å². The summed E-state index contributed by atoms with van der Waals surface area (Å²) in [4.78, 5) is 22.8. The van der Waals surface area contributed by atoms with Crippen LogP contribution in [-0.4, -0.2) is 38.5 Å². The molecule has 6 nitrogen and oxygen atoms in total. The first-order chi connectivity index (χ1) is 13.1. The molecule has 3 aromatic heterocycles. The number of nitrogens with zero attached hydrogens (tertiary/aromatic N) is 5. The number of pyridine rings is 2. The Kier molecular flexibility index (Phi) is 6.47. The Morgan fingerprint density at radius 1 is 1.26 bits per heavy atom. The highest BCUT2D eigenvalue weighted by Crippen LogP contribution is 2.32. The van der Waals surface area contributed by atoms with Gasteiger partial charge in [0.05, 0.1) is 18.1 Å². The predicted octanol–water partition coefficient (Wildman–Crippen LogP) is 4.16. The second-order valence-corrected chi connectivity index (χ2v) is 7.21. The van der Waals surface area contributed by atoms with E-state index in [-0.39, 0.29) is 11.2 Å². The zero-order valence-electron chi connectivity index (χ0n) is 15.1. The van der Waals surface area contributed by atoms with Crippen LogP contribution >= 0.6 is 23.4 Å². The molecule has 0 bridgehead atoms. The molecular weight excluding hydrogens is 382 g/mol. The van der Waals surface area contributed by atoms with Crippen LogP contribution in [0.2, 0.25) is 5.15 Å². The molecule has 3 heterocycles. The Labute approximate surface area is 167 Å². The molecule has 1 unspecified atom stereocenters. The van der Waals surface area contributed by atoms with E-state index in [2.05, 4.69) is 15.1 Å². The topological polar surface area (TPSA) is 63.9 Å². The molecule has 0 saturated carbocycles. The van der Waals surface area contributed by atoms with Gasteiger partial charge < -0.3 is 4.90 Å². The van der Waals surface area contributed by atoms with E-state index in [1.165, 1.54) is 0 Å². The maximum atomic E-state index is 13.0. The summed E-state index contributed by atoms with van der Waals surface area (Å²) in [5, 5.41) is 4.67. The molecule has 27 heavy (non-hydrogen) atoms. The summed E-state index contributed by atoms with van der Waals surface area (Å²) in [7, 11) is 0. The maximum Gasteiger partial charge on any atom is 0.228 e. The van der Waals surface area contributed by atoms with E-state index in [0.717, 1.165) is 11.3 Å². The summed E-state index contributed by atoms with van der Waals surface area (Å²) in [6.07, 6.45) is 11.0. The highest BCUT2D eigenvalue weighted by Gasteiger charge is 2.23. The quantitative estimate of drug-likeness (QED) is 0.594. The average molecular weight is 402 g/mol. The van der Waals surface area contributed by atoms with Crippen molar-refractivity contribution in [1.82, 2.24) is 19.7 Å². The summed E-state index contributed by atoms with van der Waals surface area (Å²) >= 11 is 7.98. The van der Waals surface area contributed by atoms with Crippen molar-refractivity contribution in [3.63, 3.8) is 0 Å². The standard InChI is InChI=1S/C19H20ClN5OS/c1-3-24(18(26)11-17(27-2)14-6-9-21-10-7-14)16-13-25(23-19(16)20)15-5-4-8-22-12-15/h4-10,12-13,17H,3,11H2,1-2H3. The number of rotatable bonds is 7. The zero-order valence-corrected chi connectivity index (χ0v) is 16.7. The molecule has 140 valence electrons. The van der Waals surface area contributed by atoms with E-state index in [1.54, 1.807) is 52.3 Å². The van der Waals surface area contributed by atoms with E-state index in [4.69, 9.17) is 11.6 Å². The van der Waals surface area contributed by atoms with Crippen LogP contribution in [0.15, 0.2) is 55.2 Å². The van der Waals surface area contributed by atoms with E-state index in [9.17, 15) is 4.79 Å². The van der Waals surface area contributed by atoms with Crippen molar-refractivity contribution in [2.75, 3.05) is 17.7 Å². The first-order valence-corrected chi connectivity index (χ1v) is 10.2. The maximum absolute atomic E-state index is 13.0. The molecule has 3 rings (SSSR count). The summed E-state index contributed by atoms with van der Waals surface area (Å²) in [5.74, 6) is 0.00120. The van der Waals surface area contributed by atoms with Gasteiger partial charge >= 0.3 is 0 Å². The molecule has 0 saturated heterocycles. The highest BCUT2D eigenvalue weighted by atomic mass is 35.5. The third kappa shape index (κ3) is 4.48. The molecule has 0 aliphatic heterocycles. The van der Waals surface area contributed by atoms with Gasteiger partial charge in [0.25, 0.3) is 0 Å². The second kappa shape index (κ2) is 9.01. The second-order valence-electron chi connectivity index (χ2n) is 5.81. The molecule has 0 aliphatic carbocycles. The predicted molar refractivity (Wildman–Crippen MR) is 110 cm³/mol. The van der Waals surface area contributed by atoms with Crippen LogP contribution in [0.1, 0.15) is 24.2 Å². The van der Waals surface area contributed by atoms with Crippen LogP contribution in [0.4, 0.5) is 5.69 Å². The SMILES string of the molecule is CCN(C(=O)CC(SC)c1ccncc1)c1cn(-c2cccnc2)nc1Cl. The number of carbonyl (C=O) groups is 1. The number of hydrogen-bond donors (Lipinski definition) is 0. The minimum Gasteiger partial charge on any atom is -0.308 e. The lowest BCUT2D eigenvalue weighted by atomic mass is 10.1. The third-order valence-electron chi connectivity index (χ3n) is 4.19. The number of amides is 1. The van der Waals surface area contributed by atoms with Gasteiger partial charge in [-0.2, -0.15) is 16.9 Å². The van der Waals surface area contributed by atoms with Crippen molar-refractivity contribution in [3.8, 4) is 5.69 Å². The number of halogens is 1. The Bertz CT molecular complexity index is 888. The summed E-state index contributed by atoms with van der Waals surface area (Å²) in [6.45, 7) is 2.44. The lowest BCUT2D eigenvalue weighted by Crippen LogP contribution is -2.31. The molecule has 1 atom stereocenters. The van der Waals surface area contributed by atoms with Crippen LogP contribution in [0, 0.1) is 0 Å². The molecule has 0 fully saturated rings. The van der Waals surface area contributed by atoms with Crippen molar-refractivity contribution < 1.29 is 4.79 Å². The zero-order chi connectivity index (χ0) is 19.2. The fourth-order valence-corrected chi connectivity index (χ4v) is 3.78. The molecule has 0 aromatic carbocycles. The van der Waals surface area contributed by atoms with Crippen LogP contribution in [-0.2, 0) is 4.79 Å². The lowest BCUT2D eigenvalue weighted by Gasteiger charge is -2.22. The first kappa shape index (κ1) is 19.4. The lowest BCUT2D eigenvalue weighted by molar-refractivity contribution is -0.118. The Morgan fingerprint density at radius 2 is 2.04 bits per heavy atom. The van der Waals surface area contributed by atoms with Crippen LogP contribution in [0.3, 0.4) is 0 Å². The Morgan fingerprint density at radius 3 is 2.67 bits per heavy atom. The van der Waals surface area contributed by atoms with Crippen molar-refractivity contribution >= 4 is 35.0 Å². The summed E-state index contributed by atoms with van der Waals surface area (Å²) < 4.78 is 1.63. The van der Waals surface area contributed by atoms with Gasteiger partial charge in [-0.15, -0.1) is 0 Å². The summed E-state index contributed by atoms with van der Waals surface area (Å²) in [5.41, 5.74) is 2.47. The number of anilines is 1. The fourth-order valence-electron chi connectivity index (χ4n) is 2.81. The Hall–Kier alpha value is -2.38. The minimum absolute atomic E-state index is 0.00120. The molecule has 0 N–H and O–H groups in total. The molecule has 8 heteroatoms. The molecule has 0 aliphatic rings. The largest absolute Gasteiger partial charge is 0.308 e. The van der Waals surface area contributed by atoms with E-state index in [1.807, 2.05) is 37.4 Å². The van der Waals surface area contributed by atoms with Crippen molar-refractivity contribution in [2.24, 2.45) is 0 Å². The van der Waals surface area contributed by atoms with Crippen LogP contribution in [0.25, 0.3) is 5.69 Å². The van der Waals surface area contributed by atoms with Gasteiger partial charge in [-0.1, -0.05) is 11.6 Å². The van der Waals surface area contributed by atoms with Gasteiger partial charge in [0, 0.05) is 36.8 Å². The van der Waals surface area contributed by atoms with Gasteiger partial charge in [-0.3, -0.25) is 14.8 Å². The van der Waals surface area contributed by atoms with Crippen molar-refractivity contribution in [2.45, 2.75) is 18.6 Å². The number of carbonyl (C=O) groups excluding carboxylic acids is 1. The molecule has 0 radical (unpaired) electrons. The van der Waals surface area contributed by atoms with Gasteiger partial charge in [-0.25, -0.2) is 4.68 Å². The monoisotopic (exact) mass is 401 g/mol. The van der Waals surface area contributed by atoms with Gasteiger partial charge in [-0.05, 0) is 43.0 Å². The van der Waals surface area contributed by atoms with Crippen LogP contribution < -0.4 is 4.90 Å². The number of thioether (sulfide) groups is 1. The number of hydrogen-bond acceptors (Lipinski definition) is 5. The van der Waals surface area contributed by atoms with Crippen molar-refractivity contribution in [1.29, 1.82) is 0 Å². The van der Waals surface area contributed by atoms with E-state index in [0.29, 0.717) is 23.8 Å². The van der Waals surface area contributed by atoms with E-state index >= 15 is 0 Å².